The van der Waals surface area contributed by atoms with Crippen molar-refractivity contribution in [3.63, 3.8) is 0 Å². The van der Waals surface area contributed by atoms with E-state index in [0.717, 1.165) is 25.3 Å². The first-order chi connectivity index (χ1) is 7.28. The van der Waals surface area contributed by atoms with E-state index in [-0.39, 0.29) is 11.9 Å². The Balaban J connectivity index is 1.61. The highest BCUT2D eigenvalue weighted by Gasteiger charge is 2.25. The molecule has 2 saturated carbocycles. The molecule has 0 spiro atoms. The Bertz CT molecular complexity index is 224. The lowest BCUT2D eigenvalue weighted by molar-refractivity contribution is -0.121. The van der Waals surface area contributed by atoms with E-state index < -0.39 is 0 Å². The third-order valence-corrected chi connectivity index (χ3v) is 3.05. The highest BCUT2D eigenvalue weighted by atomic mass is 16.1. The lowest BCUT2D eigenvalue weighted by Crippen LogP contribution is -2.41. The summed E-state index contributed by atoms with van der Waals surface area (Å²) in [4.78, 5) is 11.5. The lowest BCUT2D eigenvalue weighted by Gasteiger charge is -2.16. The minimum absolute atomic E-state index is 0.149. The molecule has 1 amide bonds. The minimum atomic E-state index is 0.149. The molecule has 0 bridgehead atoms. The van der Waals surface area contributed by atoms with Gasteiger partial charge in [0.25, 0.3) is 0 Å². The molecule has 0 saturated heterocycles. The number of carbonyl (C=O) groups excluding carboxylic acids is 1. The van der Waals surface area contributed by atoms with Crippen LogP contribution in [0.4, 0.5) is 0 Å². The number of rotatable bonds is 7. The van der Waals surface area contributed by atoms with E-state index in [1.807, 2.05) is 0 Å². The molecule has 1 unspecified atom stereocenters. The summed E-state index contributed by atoms with van der Waals surface area (Å²) in [6.07, 6.45) is 5.49. The maximum atomic E-state index is 11.5. The second-order valence-corrected chi connectivity index (χ2v) is 4.83. The van der Waals surface area contributed by atoms with Gasteiger partial charge < -0.3 is 16.4 Å². The largest absolute Gasteiger partial charge is 0.353 e. The van der Waals surface area contributed by atoms with Gasteiger partial charge >= 0.3 is 0 Å². The third kappa shape index (κ3) is 4.18. The summed E-state index contributed by atoms with van der Waals surface area (Å²) < 4.78 is 0. The van der Waals surface area contributed by atoms with E-state index in [4.69, 9.17) is 5.73 Å². The van der Waals surface area contributed by atoms with Gasteiger partial charge in [-0.1, -0.05) is 0 Å². The first-order valence-electron chi connectivity index (χ1n) is 6.00. The van der Waals surface area contributed by atoms with Gasteiger partial charge in [-0.05, 0) is 38.1 Å². The van der Waals surface area contributed by atoms with E-state index >= 15 is 0 Å². The van der Waals surface area contributed by atoms with E-state index in [1.165, 1.54) is 12.8 Å². The Hall–Kier alpha value is -0.610. The Morgan fingerprint density at radius 1 is 1.33 bits per heavy atom. The zero-order chi connectivity index (χ0) is 10.7. The smallest absolute Gasteiger partial charge is 0.221 e. The molecule has 0 radical (unpaired) electrons. The molecule has 0 aromatic rings. The molecule has 2 rings (SSSR count). The molecule has 2 aliphatic carbocycles. The first-order valence-corrected chi connectivity index (χ1v) is 6.00. The highest BCUT2D eigenvalue weighted by Crippen LogP contribution is 2.27. The van der Waals surface area contributed by atoms with Crippen molar-refractivity contribution in [1.29, 1.82) is 0 Å². The fourth-order valence-corrected chi connectivity index (χ4v) is 1.63. The van der Waals surface area contributed by atoms with Crippen LogP contribution in [0.25, 0.3) is 0 Å². The van der Waals surface area contributed by atoms with Gasteiger partial charge in [0, 0.05) is 25.0 Å². The van der Waals surface area contributed by atoms with Crippen LogP contribution >= 0.6 is 0 Å². The van der Waals surface area contributed by atoms with Gasteiger partial charge in [0.15, 0.2) is 0 Å². The van der Waals surface area contributed by atoms with Crippen LogP contribution in [0.5, 0.6) is 0 Å². The van der Waals surface area contributed by atoms with Crippen molar-refractivity contribution in [1.82, 2.24) is 10.6 Å². The highest BCUT2D eigenvalue weighted by molar-refractivity contribution is 5.77. The van der Waals surface area contributed by atoms with E-state index in [1.54, 1.807) is 0 Å². The quantitative estimate of drug-likeness (QED) is 0.554. The Morgan fingerprint density at radius 3 is 2.60 bits per heavy atom. The van der Waals surface area contributed by atoms with Crippen LogP contribution in [-0.2, 0) is 4.79 Å². The van der Waals surface area contributed by atoms with Gasteiger partial charge in [0.1, 0.15) is 0 Å². The van der Waals surface area contributed by atoms with Crippen molar-refractivity contribution in [2.24, 2.45) is 11.7 Å². The Morgan fingerprint density at radius 2 is 2.07 bits per heavy atom. The van der Waals surface area contributed by atoms with Gasteiger partial charge in [-0.3, -0.25) is 4.79 Å². The van der Waals surface area contributed by atoms with Gasteiger partial charge in [0.05, 0.1) is 0 Å². The summed E-state index contributed by atoms with van der Waals surface area (Å²) in [6, 6.07) is 0.615. The number of carbonyl (C=O) groups is 1. The van der Waals surface area contributed by atoms with Crippen molar-refractivity contribution in [2.45, 2.75) is 44.2 Å². The van der Waals surface area contributed by atoms with Crippen LogP contribution in [0.15, 0.2) is 0 Å². The Kier molecular flexibility index (Phi) is 3.59. The molecule has 2 aliphatic rings. The molecule has 86 valence electrons. The predicted molar refractivity (Wildman–Crippen MR) is 59.4 cm³/mol. The second kappa shape index (κ2) is 4.94. The maximum Gasteiger partial charge on any atom is 0.221 e. The zero-order valence-corrected chi connectivity index (χ0v) is 9.17. The summed E-state index contributed by atoms with van der Waals surface area (Å²) in [5.41, 5.74) is 5.63. The fraction of sp³-hybridized carbons (Fsp3) is 0.909. The zero-order valence-electron chi connectivity index (χ0n) is 9.17. The van der Waals surface area contributed by atoms with Crippen molar-refractivity contribution >= 4 is 5.91 Å². The summed E-state index contributed by atoms with van der Waals surface area (Å²) >= 11 is 0. The summed E-state index contributed by atoms with van der Waals surface area (Å²) in [6.45, 7) is 1.57. The standard InChI is InChI=1S/C11H21N3O/c12-6-10(13-7-8-1-2-8)5-11(15)14-9-3-4-9/h8-10,13H,1-7,12H2,(H,14,15). The normalized spacial score (nSPS) is 22.5. The average Bonchev–Trinajstić information content (AvgIpc) is 3.05. The van der Waals surface area contributed by atoms with Gasteiger partial charge in [-0.15, -0.1) is 0 Å². The maximum absolute atomic E-state index is 11.5. The van der Waals surface area contributed by atoms with Crippen LogP contribution in [0.2, 0.25) is 0 Å². The van der Waals surface area contributed by atoms with Crippen LogP contribution in [-0.4, -0.2) is 31.1 Å². The Labute approximate surface area is 91.0 Å². The van der Waals surface area contributed by atoms with Crippen LogP contribution < -0.4 is 16.4 Å². The monoisotopic (exact) mass is 211 g/mol. The fourth-order valence-electron chi connectivity index (χ4n) is 1.63. The van der Waals surface area contributed by atoms with Crippen molar-refractivity contribution in [3.05, 3.63) is 0 Å². The second-order valence-electron chi connectivity index (χ2n) is 4.83. The van der Waals surface area contributed by atoms with Gasteiger partial charge in [0.2, 0.25) is 5.91 Å². The third-order valence-electron chi connectivity index (χ3n) is 3.05. The molecule has 0 heterocycles. The molecule has 4 N–H and O–H groups in total. The molecular formula is C11H21N3O. The molecule has 0 aromatic carbocycles. The van der Waals surface area contributed by atoms with Crippen molar-refractivity contribution in [3.8, 4) is 0 Å². The van der Waals surface area contributed by atoms with Crippen LogP contribution in [0.3, 0.4) is 0 Å². The lowest BCUT2D eigenvalue weighted by atomic mass is 10.2. The van der Waals surface area contributed by atoms with Crippen molar-refractivity contribution < 1.29 is 4.79 Å². The molecule has 0 aromatic heterocycles. The molecule has 4 heteroatoms. The van der Waals surface area contributed by atoms with Crippen LogP contribution in [0, 0.1) is 5.92 Å². The SMILES string of the molecule is NCC(CC(=O)NC1CC1)NCC1CC1. The molecule has 0 aliphatic heterocycles. The number of amides is 1. The average molecular weight is 211 g/mol. The van der Waals surface area contributed by atoms with E-state index in [9.17, 15) is 4.79 Å². The molecule has 1 atom stereocenters. The number of nitrogens with two attached hydrogens (primary N) is 1. The van der Waals surface area contributed by atoms with E-state index in [0.29, 0.717) is 19.0 Å². The number of hydrogen-bond donors (Lipinski definition) is 3. The minimum Gasteiger partial charge on any atom is -0.353 e. The number of nitrogens with one attached hydrogen (secondary N) is 2. The van der Waals surface area contributed by atoms with Crippen LogP contribution in [0.1, 0.15) is 32.1 Å². The molecule has 2 fully saturated rings. The van der Waals surface area contributed by atoms with Gasteiger partial charge in [-0.25, -0.2) is 0 Å². The summed E-state index contributed by atoms with van der Waals surface area (Å²) in [7, 11) is 0. The van der Waals surface area contributed by atoms with Crippen molar-refractivity contribution in [2.75, 3.05) is 13.1 Å². The summed E-state index contributed by atoms with van der Waals surface area (Å²) in [5, 5.41) is 6.36. The number of hydrogen-bond acceptors (Lipinski definition) is 3. The molecule has 4 nitrogen and oxygen atoms in total. The molecule has 15 heavy (non-hydrogen) atoms. The van der Waals surface area contributed by atoms with Gasteiger partial charge in [-0.2, -0.15) is 0 Å². The first kappa shape index (κ1) is 10.9. The predicted octanol–water partition coefficient (Wildman–Crippen LogP) is -0.0180. The van der Waals surface area contributed by atoms with E-state index in [2.05, 4.69) is 10.6 Å². The summed E-state index contributed by atoms with van der Waals surface area (Å²) in [5.74, 6) is 0.988. The topological polar surface area (TPSA) is 67.2 Å². The molecular weight excluding hydrogens is 190 g/mol.